The molecule has 21 heavy (non-hydrogen) atoms. The van der Waals surface area contributed by atoms with Crippen LogP contribution in [0.15, 0.2) is 23.1 Å². The van der Waals surface area contributed by atoms with Crippen molar-refractivity contribution < 1.29 is 13.2 Å². The van der Waals surface area contributed by atoms with E-state index < -0.39 is 10.0 Å². The summed E-state index contributed by atoms with van der Waals surface area (Å²) in [6.45, 7) is 2.11. The zero-order valence-electron chi connectivity index (χ0n) is 11.8. The largest absolute Gasteiger partial charge is 0.349 e. The number of nitrogens with one attached hydrogen (secondary N) is 1. The topological polar surface area (TPSA) is 89.3 Å². The summed E-state index contributed by atoms with van der Waals surface area (Å²) in [4.78, 5) is 12.0. The zero-order chi connectivity index (χ0) is 15.6. The summed E-state index contributed by atoms with van der Waals surface area (Å²) < 4.78 is 22.9. The van der Waals surface area contributed by atoms with E-state index in [4.69, 9.17) is 16.7 Å². The maximum absolute atomic E-state index is 12.3. The van der Waals surface area contributed by atoms with Crippen molar-refractivity contribution in [2.75, 3.05) is 0 Å². The number of sulfonamides is 1. The second kappa shape index (κ2) is 6.34. The summed E-state index contributed by atoms with van der Waals surface area (Å²) in [6, 6.07) is 4.22. The van der Waals surface area contributed by atoms with Gasteiger partial charge < -0.3 is 5.32 Å². The van der Waals surface area contributed by atoms with Crippen LogP contribution in [0.2, 0.25) is 5.02 Å². The van der Waals surface area contributed by atoms with E-state index in [1.54, 1.807) is 0 Å². The monoisotopic (exact) mass is 330 g/mol. The lowest BCUT2D eigenvalue weighted by molar-refractivity contribution is 0.0910. The Labute approximate surface area is 129 Å². The Morgan fingerprint density at radius 3 is 2.62 bits per heavy atom. The van der Waals surface area contributed by atoms with Crippen molar-refractivity contribution in [3.05, 3.63) is 28.8 Å². The molecule has 5 nitrogen and oxygen atoms in total. The maximum Gasteiger partial charge on any atom is 0.251 e. The van der Waals surface area contributed by atoms with Crippen LogP contribution in [0.3, 0.4) is 0 Å². The number of benzene rings is 1. The molecule has 0 unspecified atom stereocenters. The highest BCUT2D eigenvalue weighted by molar-refractivity contribution is 7.89. The average Bonchev–Trinajstić information content (AvgIpc) is 2.40. The van der Waals surface area contributed by atoms with E-state index in [0.29, 0.717) is 5.92 Å². The van der Waals surface area contributed by atoms with Gasteiger partial charge in [-0.15, -0.1) is 0 Å². The van der Waals surface area contributed by atoms with Crippen molar-refractivity contribution in [2.24, 2.45) is 11.1 Å². The van der Waals surface area contributed by atoms with Crippen molar-refractivity contribution in [2.45, 2.75) is 43.5 Å². The highest BCUT2D eigenvalue weighted by atomic mass is 35.5. The van der Waals surface area contributed by atoms with Crippen LogP contribution in [0, 0.1) is 5.92 Å². The van der Waals surface area contributed by atoms with Crippen LogP contribution >= 0.6 is 11.6 Å². The van der Waals surface area contributed by atoms with Gasteiger partial charge in [-0.3, -0.25) is 4.79 Å². The van der Waals surface area contributed by atoms with Crippen molar-refractivity contribution in [3.8, 4) is 0 Å². The first-order valence-electron chi connectivity index (χ1n) is 6.92. The molecular formula is C14H19ClN2O3S. The number of primary sulfonamides is 1. The van der Waals surface area contributed by atoms with E-state index >= 15 is 0 Å². The highest BCUT2D eigenvalue weighted by Gasteiger charge is 2.24. The smallest absolute Gasteiger partial charge is 0.251 e. The molecule has 7 heteroatoms. The van der Waals surface area contributed by atoms with Crippen LogP contribution in [-0.4, -0.2) is 20.4 Å². The van der Waals surface area contributed by atoms with Gasteiger partial charge in [0.2, 0.25) is 10.0 Å². The molecule has 1 fully saturated rings. The van der Waals surface area contributed by atoms with Gasteiger partial charge in [0, 0.05) is 11.6 Å². The van der Waals surface area contributed by atoms with E-state index in [1.165, 1.54) is 24.6 Å². The Morgan fingerprint density at radius 2 is 2.00 bits per heavy atom. The lowest BCUT2D eigenvalue weighted by Crippen LogP contribution is -2.41. The fourth-order valence-corrected chi connectivity index (χ4v) is 3.72. The van der Waals surface area contributed by atoms with Crippen LogP contribution in [0.25, 0.3) is 0 Å². The van der Waals surface area contributed by atoms with Crippen LogP contribution in [0.1, 0.15) is 43.0 Å². The lowest BCUT2D eigenvalue weighted by atomic mass is 9.86. The van der Waals surface area contributed by atoms with E-state index in [-0.39, 0.29) is 27.4 Å². The Balaban J connectivity index is 2.20. The van der Waals surface area contributed by atoms with Gasteiger partial charge in [0.15, 0.2) is 0 Å². The highest BCUT2D eigenvalue weighted by Crippen LogP contribution is 2.25. The first kappa shape index (κ1) is 16.3. The standard InChI is InChI=1S/C14H19ClN2O3S/c1-9-4-2-3-5-12(9)17-14(18)10-6-7-11(15)13(8-10)21(16,19)20/h6-9,12H,2-5H2,1H3,(H,17,18)(H2,16,19,20)/t9-,12+/m0/s1. The van der Waals surface area contributed by atoms with Crippen LogP contribution < -0.4 is 10.5 Å². The number of carbonyl (C=O) groups is 1. The third-order valence-corrected chi connectivity index (χ3v) is 5.32. The molecule has 0 aromatic heterocycles. The maximum atomic E-state index is 12.3. The van der Waals surface area contributed by atoms with Crippen molar-refractivity contribution >= 4 is 27.5 Å². The van der Waals surface area contributed by atoms with E-state index in [9.17, 15) is 13.2 Å². The fraction of sp³-hybridized carbons (Fsp3) is 0.500. The molecule has 1 aromatic rings. The van der Waals surface area contributed by atoms with Gasteiger partial charge >= 0.3 is 0 Å². The van der Waals surface area contributed by atoms with Crippen molar-refractivity contribution in [1.82, 2.24) is 5.32 Å². The molecular weight excluding hydrogens is 312 g/mol. The number of carbonyl (C=O) groups excluding carboxylic acids is 1. The van der Waals surface area contributed by atoms with Gasteiger partial charge in [-0.2, -0.15) is 0 Å². The third-order valence-electron chi connectivity index (χ3n) is 3.93. The van der Waals surface area contributed by atoms with Crippen molar-refractivity contribution in [3.63, 3.8) is 0 Å². The number of hydrogen-bond acceptors (Lipinski definition) is 3. The molecule has 1 aliphatic rings. The van der Waals surface area contributed by atoms with E-state index in [2.05, 4.69) is 12.2 Å². The second-order valence-electron chi connectivity index (χ2n) is 5.53. The number of rotatable bonds is 3. The molecule has 0 radical (unpaired) electrons. The van der Waals surface area contributed by atoms with Gasteiger partial charge in [0.25, 0.3) is 5.91 Å². The quantitative estimate of drug-likeness (QED) is 0.891. The molecule has 0 saturated heterocycles. The Bertz CT molecular complexity index is 646. The molecule has 0 spiro atoms. The van der Waals surface area contributed by atoms with E-state index in [1.807, 2.05) is 0 Å². The SMILES string of the molecule is C[C@H]1CCCC[C@H]1NC(=O)c1ccc(Cl)c(S(N)(=O)=O)c1. The first-order valence-corrected chi connectivity index (χ1v) is 8.84. The van der Waals surface area contributed by atoms with Gasteiger partial charge in [0.1, 0.15) is 4.90 Å². The summed E-state index contributed by atoms with van der Waals surface area (Å²) in [6.07, 6.45) is 4.32. The molecule has 1 aliphatic carbocycles. The second-order valence-corrected chi connectivity index (χ2v) is 7.47. The Hall–Kier alpha value is -1.11. The molecule has 3 N–H and O–H groups in total. The molecule has 0 aliphatic heterocycles. The van der Waals surface area contributed by atoms with Crippen molar-refractivity contribution in [1.29, 1.82) is 0 Å². The summed E-state index contributed by atoms with van der Waals surface area (Å²) >= 11 is 5.81. The molecule has 0 heterocycles. The summed E-state index contributed by atoms with van der Waals surface area (Å²) in [5.41, 5.74) is 0.251. The molecule has 1 amide bonds. The van der Waals surface area contributed by atoms with Crippen LogP contribution in [0.5, 0.6) is 0 Å². The molecule has 2 atom stereocenters. The summed E-state index contributed by atoms with van der Waals surface area (Å²) in [7, 11) is -3.95. The average molecular weight is 331 g/mol. The first-order chi connectivity index (χ1) is 9.79. The minimum atomic E-state index is -3.95. The number of nitrogens with two attached hydrogens (primary N) is 1. The van der Waals surface area contributed by atoms with Crippen LogP contribution in [0.4, 0.5) is 0 Å². The number of amides is 1. The van der Waals surface area contributed by atoms with Gasteiger partial charge in [-0.05, 0) is 37.0 Å². The predicted octanol–water partition coefficient (Wildman–Crippen LogP) is 2.30. The Morgan fingerprint density at radius 1 is 1.33 bits per heavy atom. The summed E-state index contributed by atoms with van der Waals surface area (Å²) in [5, 5.41) is 8.07. The zero-order valence-corrected chi connectivity index (χ0v) is 13.4. The minimum Gasteiger partial charge on any atom is -0.349 e. The Kier molecular flexibility index (Phi) is 4.91. The molecule has 1 saturated carbocycles. The minimum absolute atomic E-state index is 0.0140. The molecule has 2 rings (SSSR count). The van der Waals surface area contributed by atoms with Gasteiger partial charge in [0.05, 0.1) is 5.02 Å². The van der Waals surface area contributed by atoms with Crippen LogP contribution in [-0.2, 0) is 10.0 Å². The predicted molar refractivity (Wildman–Crippen MR) is 81.7 cm³/mol. The van der Waals surface area contributed by atoms with Gasteiger partial charge in [-0.25, -0.2) is 13.6 Å². The lowest BCUT2D eigenvalue weighted by Gasteiger charge is -2.29. The van der Waals surface area contributed by atoms with E-state index in [0.717, 1.165) is 19.3 Å². The number of hydrogen-bond donors (Lipinski definition) is 2. The molecule has 116 valence electrons. The fourth-order valence-electron chi connectivity index (χ4n) is 2.65. The summed E-state index contributed by atoms with van der Waals surface area (Å²) in [5.74, 6) is 0.128. The third kappa shape index (κ3) is 3.96. The molecule has 1 aromatic carbocycles. The molecule has 0 bridgehead atoms. The normalized spacial score (nSPS) is 22.8. The van der Waals surface area contributed by atoms with Gasteiger partial charge in [-0.1, -0.05) is 31.4 Å². The number of halogens is 1.